The average molecular weight is 301 g/mol. The van der Waals surface area contributed by atoms with E-state index in [1.54, 1.807) is 6.07 Å². The van der Waals surface area contributed by atoms with Crippen molar-refractivity contribution in [1.29, 1.82) is 0 Å². The summed E-state index contributed by atoms with van der Waals surface area (Å²) in [6.07, 6.45) is -0.397. The molecule has 0 fully saturated rings. The highest BCUT2D eigenvalue weighted by Gasteiger charge is 2.15. The van der Waals surface area contributed by atoms with Gasteiger partial charge in [0.15, 0.2) is 5.82 Å². The predicted octanol–water partition coefficient (Wildman–Crippen LogP) is 2.00. The van der Waals surface area contributed by atoms with Crippen molar-refractivity contribution in [1.82, 2.24) is 10.1 Å². The lowest BCUT2D eigenvalue weighted by molar-refractivity contribution is 0.0599. The second kappa shape index (κ2) is 6.78. The normalized spacial score (nSPS) is 12.6. The van der Waals surface area contributed by atoms with Crippen LogP contribution in [0.4, 0.5) is 4.39 Å². The van der Waals surface area contributed by atoms with Crippen molar-refractivity contribution in [3.63, 3.8) is 0 Å². The molecule has 0 saturated carbocycles. The number of aromatic nitrogens is 2. The van der Waals surface area contributed by atoms with Crippen LogP contribution in [0.25, 0.3) is 0 Å². The van der Waals surface area contributed by atoms with E-state index in [0.717, 1.165) is 0 Å². The summed E-state index contributed by atoms with van der Waals surface area (Å²) >= 11 is 5.93. The molecule has 5 nitrogen and oxygen atoms in total. The summed E-state index contributed by atoms with van der Waals surface area (Å²) in [6, 6.07) is 4.46. The van der Waals surface area contributed by atoms with E-state index < -0.39 is 11.9 Å². The molecule has 0 aliphatic heterocycles. The summed E-state index contributed by atoms with van der Waals surface area (Å²) in [5.74, 6) is 0.178. The fourth-order valence-electron chi connectivity index (χ4n) is 1.76. The third-order valence-electron chi connectivity index (χ3n) is 2.68. The number of benzene rings is 1. The van der Waals surface area contributed by atoms with Crippen LogP contribution in [0, 0.1) is 5.82 Å². The fraction of sp³-hybridized carbons (Fsp3) is 0.385. The Morgan fingerprint density at radius 2 is 2.30 bits per heavy atom. The molecule has 2 rings (SSSR count). The van der Waals surface area contributed by atoms with Gasteiger partial charge >= 0.3 is 0 Å². The molecule has 0 radical (unpaired) electrons. The van der Waals surface area contributed by atoms with E-state index in [1.807, 2.05) is 0 Å². The number of aliphatic hydroxyl groups is 1. The Labute approximate surface area is 120 Å². The number of methoxy groups -OCH3 is 1. The van der Waals surface area contributed by atoms with Crippen molar-refractivity contribution in [3.05, 3.63) is 46.3 Å². The van der Waals surface area contributed by atoms with Crippen LogP contribution in [-0.2, 0) is 17.6 Å². The van der Waals surface area contributed by atoms with Crippen LogP contribution in [0.3, 0.4) is 0 Å². The van der Waals surface area contributed by atoms with E-state index in [4.69, 9.17) is 20.9 Å². The van der Waals surface area contributed by atoms with Crippen LogP contribution in [0.15, 0.2) is 22.7 Å². The Morgan fingerprint density at radius 3 is 3.00 bits per heavy atom. The summed E-state index contributed by atoms with van der Waals surface area (Å²) in [7, 11) is 1.49. The Bertz CT molecular complexity index is 556. The third kappa shape index (κ3) is 3.75. The first-order valence-electron chi connectivity index (χ1n) is 6.01. The molecule has 0 spiro atoms. The summed E-state index contributed by atoms with van der Waals surface area (Å²) in [6.45, 7) is 0.177. The molecular weight excluding hydrogens is 287 g/mol. The summed E-state index contributed by atoms with van der Waals surface area (Å²) in [5.41, 5.74) is 0.318. The molecule has 7 heteroatoms. The lowest BCUT2D eigenvalue weighted by Crippen LogP contribution is -2.17. The number of rotatable bonds is 6. The molecule has 1 aromatic heterocycles. The van der Waals surface area contributed by atoms with E-state index >= 15 is 0 Å². The molecule has 0 amide bonds. The summed E-state index contributed by atoms with van der Waals surface area (Å²) in [5, 5.41) is 13.6. The van der Waals surface area contributed by atoms with E-state index in [0.29, 0.717) is 16.4 Å². The summed E-state index contributed by atoms with van der Waals surface area (Å²) in [4.78, 5) is 4.09. The Morgan fingerprint density at radius 1 is 1.50 bits per heavy atom. The Hall–Kier alpha value is -1.50. The van der Waals surface area contributed by atoms with Crippen molar-refractivity contribution in [2.45, 2.75) is 18.9 Å². The Kier molecular flexibility index (Phi) is 5.05. The smallest absolute Gasteiger partial charge is 0.229 e. The lowest BCUT2D eigenvalue weighted by atomic mass is 10.1. The molecule has 0 bridgehead atoms. The second-order valence-electron chi connectivity index (χ2n) is 4.29. The van der Waals surface area contributed by atoms with Gasteiger partial charge in [-0.05, 0) is 12.1 Å². The molecule has 108 valence electrons. The van der Waals surface area contributed by atoms with Crippen LogP contribution in [0.5, 0.6) is 0 Å². The minimum Gasteiger partial charge on any atom is -0.390 e. The van der Waals surface area contributed by atoms with Gasteiger partial charge in [0.25, 0.3) is 0 Å². The van der Waals surface area contributed by atoms with Gasteiger partial charge in [0, 0.05) is 24.1 Å². The van der Waals surface area contributed by atoms with Gasteiger partial charge in [0.2, 0.25) is 5.89 Å². The van der Waals surface area contributed by atoms with Crippen molar-refractivity contribution in [2.24, 2.45) is 0 Å². The number of hydrogen-bond acceptors (Lipinski definition) is 5. The zero-order chi connectivity index (χ0) is 14.5. The topological polar surface area (TPSA) is 68.4 Å². The zero-order valence-electron chi connectivity index (χ0n) is 10.8. The summed E-state index contributed by atoms with van der Waals surface area (Å²) < 4.78 is 23.4. The number of aliphatic hydroxyl groups excluding tert-OH is 1. The first kappa shape index (κ1) is 14.9. The molecule has 1 unspecified atom stereocenters. The largest absolute Gasteiger partial charge is 0.390 e. The molecule has 2 aromatic rings. The van der Waals surface area contributed by atoms with E-state index in [9.17, 15) is 9.50 Å². The molecule has 0 aliphatic carbocycles. The monoisotopic (exact) mass is 300 g/mol. The quantitative estimate of drug-likeness (QED) is 0.884. The van der Waals surface area contributed by atoms with Gasteiger partial charge in [-0.15, -0.1) is 0 Å². The maximum Gasteiger partial charge on any atom is 0.229 e. The van der Waals surface area contributed by atoms with Gasteiger partial charge in [0.1, 0.15) is 5.82 Å². The van der Waals surface area contributed by atoms with Crippen LogP contribution in [0.1, 0.15) is 17.3 Å². The highest BCUT2D eigenvalue weighted by Crippen LogP contribution is 2.21. The number of nitrogens with zero attached hydrogens (tertiary/aromatic N) is 2. The van der Waals surface area contributed by atoms with Gasteiger partial charge in [-0.25, -0.2) is 4.39 Å². The number of ether oxygens (including phenoxy) is 1. The minimum atomic E-state index is -0.717. The van der Waals surface area contributed by atoms with Gasteiger partial charge in [-0.2, -0.15) is 4.98 Å². The molecule has 0 saturated heterocycles. The maximum absolute atomic E-state index is 13.6. The highest BCUT2D eigenvalue weighted by atomic mass is 35.5. The minimum absolute atomic E-state index is 0.134. The first-order chi connectivity index (χ1) is 9.60. The van der Waals surface area contributed by atoms with E-state index in [-0.39, 0.29) is 25.3 Å². The Balaban J connectivity index is 2.06. The van der Waals surface area contributed by atoms with E-state index in [2.05, 4.69) is 10.1 Å². The van der Waals surface area contributed by atoms with Crippen molar-refractivity contribution in [3.8, 4) is 0 Å². The van der Waals surface area contributed by atoms with Gasteiger partial charge in [0.05, 0.1) is 19.1 Å². The number of hydrogen-bond donors (Lipinski definition) is 1. The van der Waals surface area contributed by atoms with Gasteiger partial charge < -0.3 is 14.4 Å². The van der Waals surface area contributed by atoms with E-state index in [1.165, 1.54) is 19.2 Å². The molecule has 1 atom stereocenters. The van der Waals surface area contributed by atoms with Crippen LogP contribution >= 0.6 is 11.6 Å². The molecular formula is C13H14ClFN2O3. The van der Waals surface area contributed by atoms with Crippen molar-refractivity contribution >= 4 is 11.6 Å². The van der Waals surface area contributed by atoms with Crippen LogP contribution in [-0.4, -0.2) is 35.1 Å². The lowest BCUT2D eigenvalue weighted by Gasteiger charge is -2.04. The van der Waals surface area contributed by atoms with Gasteiger partial charge in [-0.3, -0.25) is 0 Å². The van der Waals surface area contributed by atoms with Crippen LogP contribution in [0.2, 0.25) is 5.02 Å². The second-order valence-corrected chi connectivity index (χ2v) is 4.70. The first-order valence-corrected chi connectivity index (χ1v) is 6.39. The number of halogens is 2. The van der Waals surface area contributed by atoms with Crippen molar-refractivity contribution in [2.75, 3.05) is 13.7 Å². The SMILES string of the molecule is COCC(O)Cc1nc(Cc2c(F)cccc2Cl)no1. The molecule has 0 aliphatic rings. The van der Waals surface area contributed by atoms with Crippen LogP contribution < -0.4 is 0 Å². The predicted molar refractivity (Wildman–Crippen MR) is 70.1 cm³/mol. The maximum atomic E-state index is 13.6. The standard InChI is InChI=1S/C13H14ClFN2O3/c1-19-7-8(18)5-13-16-12(17-20-13)6-9-10(14)3-2-4-11(9)15/h2-4,8,18H,5-7H2,1H3. The molecule has 1 heterocycles. The van der Waals surface area contributed by atoms with Gasteiger partial charge in [-0.1, -0.05) is 22.8 Å². The fourth-order valence-corrected chi connectivity index (χ4v) is 1.99. The third-order valence-corrected chi connectivity index (χ3v) is 3.03. The highest BCUT2D eigenvalue weighted by molar-refractivity contribution is 6.31. The van der Waals surface area contributed by atoms with Crippen molar-refractivity contribution < 1.29 is 18.8 Å². The molecule has 20 heavy (non-hydrogen) atoms. The zero-order valence-corrected chi connectivity index (χ0v) is 11.6. The average Bonchev–Trinajstić information content (AvgIpc) is 2.82. The molecule has 1 aromatic carbocycles. The molecule has 1 N–H and O–H groups in total.